The van der Waals surface area contributed by atoms with Gasteiger partial charge in [-0.1, -0.05) is 6.92 Å². The lowest BCUT2D eigenvalue weighted by Gasteiger charge is -2.11. The quantitative estimate of drug-likeness (QED) is 0.864. The Balaban J connectivity index is 2.81. The average molecular weight is 276 g/mol. The molecule has 0 aromatic carbocycles. The predicted octanol–water partition coefficient (Wildman–Crippen LogP) is 2.06. The van der Waals surface area contributed by atoms with Crippen molar-refractivity contribution in [3.05, 3.63) is 15.6 Å². The van der Waals surface area contributed by atoms with Crippen molar-refractivity contribution in [2.75, 3.05) is 12.8 Å². The number of nitrogens with zero attached hydrogens (tertiary/aromatic N) is 1. The highest BCUT2D eigenvalue weighted by molar-refractivity contribution is 7.90. The zero-order valence-electron chi connectivity index (χ0n) is 10.8. The molecule has 1 unspecified atom stereocenters. The van der Waals surface area contributed by atoms with E-state index in [9.17, 15) is 8.42 Å². The first-order valence-corrected chi connectivity index (χ1v) is 8.58. The van der Waals surface area contributed by atoms with Crippen LogP contribution < -0.4 is 5.32 Å². The molecule has 6 heteroatoms. The van der Waals surface area contributed by atoms with Crippen LogP contribution in [0.3, 0.4) is 0 Å². The minimum absolute atomic E-state index is 0.0407. The zero-order chi connectivity index (χ0) is 13.1. The second kappa shape index (κ2) is 5.93. The first-order chi connectivity index (χ1) is 7.83. The van der Waals surface area contributed by atoms with Crippen molar-refractivity contribution >= 4 is 21.2 Å². The van der Waals surface area contributed by atoms with Gasteiger partial charge < -0.3 is 5.32 Å². The highest BCUT2D eigenvalue weighted by Gasteiger charge is 2.16. The van der Waals surface area contributed by atoms with E-state index in [1.165, 1.54) is 17.6 Å². The Bertz CT molecular complexity index is 466. The van der Waals surface area contributed by atoms with Crippen LogP contribution in [0.2, 0.25) is 0 Å². The van der Waals surface area contributed by atoms with E-state index in [1.807, 2.05) is 6.92 Å². The molecule has 0 aliphatic rings. The molecule has 4 nitrogen and oxygen atoms in total. The van der Waals surface area contributed by atoms with Crippen molar-refractivity contribution in [2.45, 2.75) is 39.0 Å². The van der Waals surface area contributed by atoms with Gasteiger partial charge in [0.1, 0.15) is 10.8 Å². The van der Waals surface area contributed by atoms with E-state index < -0.39 is 9.84 Å². The fourth-order valence-corrected chi connectivity index (χ4v) is 3.89. The molecule has 0 bridgehead atoms. The minimum Gasteiger partial charge on any atom is -0.309 e. The van der Waals surface area contributed by atoms with Crippen LogP contribution in [0.4, 0.5) is 0 Å². The Hall–Kier alpha value is -0.460. The van der Waals surface area contributed by atoms with Crippen molar-refractivity contribution in [1.29, 1.82) is 0 Å². The molecule has 1 atom stereocenters. The van der Waals surface area contributed by atoms with Gasteiger partial charge in [-0.2, -0.15) is 0 Å². The summed E-state index contributed by atoms with van der Waals surface area (Å²) < 4.78 is 22.4. The average Bonchev–Trinajstić information content (AvgIpc) is 2.53. The molecular weight excluding hydrogens is 256 g/mol. The Morgan fingerprint density at radius 3 is 2.65 bits per heavy atom. The maximum absolute atomic E-state index is 11.2. The van der Waals surface area contributed by atoms with E-state index >= 15 is 0 Å². The van der Waals surface area contributed by atoms with Crippen molar-refractivity contribution in [3.8, 4) is 0 Å². The zero-order valence-corrected chi connectivity index (χ0v) is 12.4. The summed E-state index contributed by atoms with van der Waals surface area (Å²) in [7, 11) is -3.00. The highest BCUT2D eigenvalue weighted by Crippen LogP contribution is 2.25. The number of hydrogen-bond donors (Lipinski definition) is 1. The second-order valence-corrected chi connectivity index (χ2v) is 7.56. The van der Waals surface area contributed by atoms with E-state index in [-0.39, 0.29) is 11.8 Å². The number of rotatable bonds is 6. The van der Waals surface area contributed by atoms with Gasteiger partial charge in [-0.3, -0.25) is 0 Å². The summed E-state index contributed by atoms with van der Waals surface area (Å²) in [6.07, 6.45) is 2.32. The third kappa shape index (κ3) is 4.73. The van der Waals surface area contributed by atoms with E-state index in [4.69, 9.17) is 0 Å². The molecular formula is C11H20N2O2S2. The smallest absolute Gasteiger partial charge is 0.153 e. The molecule has 0 amide bonds. The fourth-order valence-electron chi connectivity index (χ4n) is 1.61. The lowest BCUT2D eigenvalue weighted by Crippen LogP contribution is -2.18. The van der Waals surface area contributed by atoms with Crippen LogP contribution in [-0.2, 0) is 15.6 Å². The lowest BCUT2D eigenvalue weighted by molar-refractivity contribution is 0.575. The number of aryl methyl sites for hydroxylation is 1. The fraction of sp³-hybridized carbons (Fsp3) is 0.727. The van der Waals surface area contributed by atoms with Crippen LogP contribution in [-0.4, -0.2) is 26.2 Å². The first-order valence-electron chi connectivity index (χ1n) is 5.70. The van der Waals surface area contributed by atoms with Gasteiger partial charge in [0.05, 0.1) is 5.69 Å². The molecule has 1 heterocycles. The van der Waals surface area contributed by atoms with Crippen LogP contribution in [0.15, 0.2) is 0 Å². The molecule has 1 N–H and O–H groups in total. The minimum atomic E-state index is -3.00. The Morgan fingerprint density at radius 1 is 1.47 bits per heavy atom. The van der Waals surface area contributed by atoms with Crippen molar-refractivity contribution in [3.63, 3.8) is 0 Å². The topological polar surface area (TPSA) is 59.1 Å². The van der Waals surface area contributed by atoms with Gasteiger partial charge in [0.2, 0.25) is 0 Å². The number of nitrogens with one attached hydrogen (secondary N) is 1. The van der Waals surface area contributed by atoms with Gasteiger partial charge in [-0.05, 0) is 26.8 Å². The molecule has 1 rings (SSSR count). The molecule has 0 radical (unpaired) electrons. The Morgan fingerprint density at radius 2 is 2.12 bits per heavy atom. The van der Waals surface area contributed by atoms with Gasteiger partial charge in [0.25, 0.3) is 0 Å². The molecule has 0 aliphatic heterocycles. The van der Waals surface area contributed by atoms with Crippen LogP contribution in [0.5, 0.6) is 0 Å². The summed E-state index contributed by atoms with van der Waals surface area (Å²) in [4.78, 5) is 5.46. The summed E-state index contributed by atoms with van der Waals surface area (Å²) in [6, 6.07) is 0.237. The summed E-state index contributed by atoms with van der Waals surface area (Å²) in [5.41, 5.74) is 0.935. The highest BCUT2D eigenvalue weighted by atomic mass is 32.2. The first kappa shape index (κ1) is 14.6. The second-order valence-electron chi connectivity index (χ2n) is 4.30. The van der Waals surface area contributed by atoms with Crippen LogP contribution in [0, 0.1) is 6.92 Å². The van der Waals surface area contributed by atoms with Gasteiger partial charge in [-0.15, -0.1) is 11.3 Å². The number of sulfone groups is 1. The maximum Gasteiger partial charge on any atom is 0.153 e. The van der Waals surface area contributed by atoms with E-state index in [1.54, 1.807) is 0 Å². The van der Waals surface area contributed by atoms with E-state index in [0.29, 0.717) is 5.01 Å². The molecule has 98 valence electrons. The van der Waals surface area contributed by atoms with E-state index in [0.717, 1.165) is 23.5 Å². The van der Waals surface area contributed by atoms with Gasteiger partial charge in [-0.25, -0.2) is 13.4 Å². The Labute approximate surface area is 107 Å². The van der Waals surface area contributed by atoms with Gasteiger partial charge >= 0.3 is 0 Å². The van der Waals surface area contributed by atoms with Crippen LogP contribution >= 0.6 is 11.3 Å². The third-order valence-corrected chi connectivity index (χ3v) is 4.68. The van der Waals surface area contributed by atoms with Gasteiger partial charge in [0.15, 0.2) is 9.84 Å². The molecule has 0 spiro atoms. The normalized spacial score (nSPS) is 13.9. The standard InChI is InChI=1S/C11H20N2O2S2/c1-5-6-12-8(2)11-9(3)13-10(16-11)7-17(4,14)15/h8,12H,5-7H2,1-4H3. The molecule has 0 aliphatic carbocycles. The van der Waals surface area contributed by atoms with Crippen molar-refractivity contribution < 1.29 is 8.42 Å². The van der Waals surface area contributed by atoms with Crippen LogP contribution in [0.1, 0.15) is 41.9 Å². The van der Waals surface area contributed by atoms with Crippen molar-refractivity contribution in [2.24, 2.45) is 0 Å². The molecule has 0 saturated heterocycles. The van der Waals surface area contributed by atoms with Crippen molar-refractivity contribution in [1.82, 2.24) is 10.3 Å². The predicted molar refractivity (Wildman–Crippen MR) is 72.1 cm³/mol. The maximum atomic E-state index is 11.2. The monoisotopic (exact) mass is 276 g/mol. The molecule has 17 heavy (non-hydrogen) atoms. The summed E-state index contributed by atoms with van der Waals surface area (Å²) in [5, 5.41) is 4.07. The summed E-state index contributed by atoms with van der Waals surface area (Å²) in [5.74, 6) is 0.0407. The molecule has 1 aromatic rings. The number of hydrogen-bond acceptors (Lipinski definition) is 5. The van der Waals surface area contributed by atoms with Gasteiger partial charge in [0, 0.05) is 17.2 Å². The summed E-state index contributed by atoms with van der Waals surface area (Å²) >= 11 is 1.49. The van der Waals surface area contributed by atoms with E-state index in [2.05, 4.69) is 24.1 Å². The SMILES string of the molecule is CCCNC(C)c1sc(CS(C)(=O)=O)nc1C. The molecule has 1 aromatic heterocycles. The number of thiazole rings is 1. The third-order valence-electron chi connectivity index (χ3n) is 2.36. The largest absolute Gasteiger partial charge is 0.309 e. The molecule has 0 fully saturated rings. The molecule has 0 saturated carbocycles. The van der Waals surface area contributed by atoms with Crippen LogP contribution in [0.25, 0.3) is 0 Å². The lowest BCUT2D eigenvalue weighted by atomic mass is 10.2. The number of aromatic nitrogens is 1. The Kier molecular flexibility index (Phi) is 5.09. The summed E-state index contributed by atoms with van der Waals surface area (Å²) in [6.45, 7) is 7.09.